The summed E-state index contributed by atoms with van der Waals surface area (Å²) in [6, 6.07) is 0.171. The minimum Gasteiger partial charge on any atom is -0.327 e. The van der Waals surface area contributed by atoms with Gasteiger partial charge in [-0.05, 0) is 12.8 Å². The zero-order chi connectivity index (χ0) is 5.28. The van der Waals surface area contributed by atoms with Crippen molar-refractivity contribution in [1.82, 2.24) is 0 Å². The molecule has 0 unspecified atom stereocenters. The highest BCUT2D eigenvalue weighted by molar-refractivity contribution is 5.85. The first-order valence-electron chi connectivity index (χ1n) is 2.66. The SMILES string of the molecule is Cl.N[C@@H]1CC[C@H]1CF. The Morgan fingerprint density at radius 3 is 2.12 bits per heavy atom. The van der Waals surface area contributed by atoms with Crippen molar-refractivity contribution in [3.8, 4) is 0 Å². The van der Waals surface area contributed by atoms with E-state index < -0.39 is 0 Å². The number of alkyl halides is 1. The molecular weight excluding hydrogens is 129 g/mol. The first-order valence-corrected chi connectivity index (χ1v) is 2.66. The Bertz CT molecular complexity index is 67.4. The monoisotopic (exact) mass is 139 g/mol. The summed E-state index contributed by atoms with van der Waals surface area (Å²) in [4.78, 5) is 0. The number of hydrogen-bond acceptors (Lipinski definition) is 1. The molecule has 0 aromatic rings. The molecule has 0 aliphatic heterocycles. The average molecular weight is 140 g/mol. The van der Waals surface area contributed by atoms with Gasteiger partial charge in [0.15, 0.2) is 0 Å². The highest BCUT2D eigenvalue weighted by Crippen LogP contribution is 2.25. The zero-order valence-corrected chi connectivity index (χ0v) is 5.46. The summed E-state index contributed by atoms with van der Waals surface area (Å²) >= 11 is 0. The molecule has 0 aromatic heterocycles. The highest BCUT2D eigenvalue weighted by Gasteiger charge is 2.26. The van der Waals surface area contributed by atoms with Gasteiger partial charge in [-0.2, -0.15) is 0 Å². The maximum absolute atomic E-state index is 11.6. The standard InChI is InChI=1S/C5H10FN.ClH/c6-3-4-1-2-5(4)7;/h4-5H,1-3,7H2;1H/t4-,5+;/m0./s1. The first kappa shape index (κ1) is 8.18. The summed E-state index contributed by atoms with van der Waals surface area (Å²) in [6.45, 7) is -0.221. The number of halogens is 2. The normalized spacial score (nSPS) is 35.2. The van der Waals surface area contributed by atoms with E-state index in [1.165, 1.54) is 0 Å². The van der Waals surface area contributed by atoms with Crippen molar-refractivity contribution in [2.24, 2.45) is 11.7 Å². The Kier molecular flexibility index (Phi) is 3.33. The molecule has 3 heteroatoms. The van der Waals surface area contributed by atoms with E-state index >= 15 is 0 Å². The van der Waals surface area contributed by atoms with Gasteiger partial charge >= 0.3 is 0 Å². The van der Waals surface area contributed by atoms with Gasteiger partial charge in [0.1, 0.15) is 0 Å². The van der Waals surface area contributed by atoms with E-state index in [-0.39, 0.29) is 31.0 Å². The molecule has 1 rings (SSSR count). The minimum atomic E-state index is -0.221. The molecular formula is C5H11ClFN. The van der Waals surface area contributed by atoms with Gasteiger partial charge in [0.2, 0.25) is 0 Å². The van der Waals surface area contributed by atoms with E-state index in [9.17, 15) is 4.39 Å². The Morgan fingerprint density at radius 2 is 2.12 bits per heavy atom. The molecule has 0 aromatic carbocycles. The lowest BCUT2D eigenvalue weighted by Crippen LogP contribution is -2.40. The maximum atomic E-state index is 11.6. The van der Waals surface area contributed by atoms with Gasteiger partial charge in [-0.25, -0.2) is 0 Å². The van der Waals surface area contributed by atoms with Gasteiger partial charge < -0.3 is 5.73 Å². The van der Waals surface area contributed by atoms with Crippen LogP contribution in [0.4, 0.5) is 4.39 Å². The van der Waals surface area contributed by atoms with Gasteiger partial charge in [-0.3, -0.25) is 4.39 Å². The molecule has 1 nitrogen and oxygen atoms in total. The zero-order valence-electron chi connectivity index (χ0n) is 4.64. The molecule has 1 aliphatic carbocycles. The van der Waals surface area contributed by atoms with Gasteiger partial charge in [-0.1, -0.05) is 0 Å². The minimum absolute atomic E-state index is 0. The maximum Gasteiger partial charge on any atom is 0.0937 e. The Labute approximate surface area is 54.9 Å². The fourth-order valence-corrected chi connectivity index (χ4v) is 0.786. The fraction of sp³-hybridized carbons (Fsp3) is 1.00. The topological polar surface area (TPSA) is 26.0 Å². The number of rotatable bonds is 1. The van der Waals surface area contributed by atoms with Crippen LogP contribution < -0.4 is 5.73 Å². The van der Waals surface area contributed by atoms with Crippen LogP contribution in [0.3, 0.4) is 0 Å². The van der Waals surface area contributed by atoms with Crippen molar-refractivity contribution < 1.29 is 4.39 Å². The molecule has 2 atom stereocenters. The molecule has 0 amide bonds. The Hall–Kier alpha value is 0.180. The number of nitrogens with two attached hydrogens (primary N) is 1. The van der Waals surface area contributed by atoms with E-state index in [0.29, 0.717) is 0 Å². The Morgan fingerprint density at radius 1 is 1.50 bits per heavy atom. The lowest BCUT2D eigenvalue weighted by Gasteiger charge is -2.30. The van der Waals surface area contributed by atoms with Crippen LogP contribution in [-0.4, -0.2) is 12.7 Å². The molecule has 0 heterocycles. The second-order valence-electron chi connectivity index (χ2n) is 2.16. The van der Waals surface area contributed by atoms with Crippen LogP contribution in [0.1, 0.15) is 12.8 Å². The molecule has 1 fully saturated rings. The molecule has 2 N–H and O–H groups in total. The summed E-state index contributed by atoms with van der Waals surface area (Å²) in [6.07, 6.45) is 2.02. The van der Waals surface area contributed by atoms with Crippen molar-refractivity contribution in [3.05, 3.63) is 0 Å². The van der Waals surface area contributed by atoms with Crippen LogP contribution in [0, 0.1) is 5.92 Å². The second kappa shape index (κ2) is 3.25. The summed E-state index contributed by atoms with van der Waals surface area (Å²) in [7, 11) is 0. The van der Waals surface area contributed by atoms with Crippen molar-refractivity contribution in [2.45, 2.75) is 18.9 Å². The van der Waals surface area contributed by atoms with Crippen LogP contribution >= 0.6 is 12.4 Å². The van der Waals surface area contributed by atoms with E-state index in [2.05, 4.69) is 0 Å². The molecule has 0 spiro atoms. The molecule has 0 saturated heterocycles. The van der Waals surface area contributed by atoms with E-state index in [0.717, 1.165) is 12.8 Å². The van der Waals surface area contributed by atoms with Crippen LogP contribution in [0.25, 0.3) is 0 Å². The van der Waals surface area contributed by atoms with Gasteiger partial charge in [0, 0.05) is 12.0 Å². The van der Waals surface area contributed by atoms with E-state index in [4.69, 9.17) is 5.73 Å². The van der Waals surface area contributed by atoms with Crippen molar-refractivity contribution in [3.63, 3.8) is 0 Å². The summed E-state index contributed by atoms with van der Waals surface area (Å²) in [5.74, 6) is 0.194. The third-order valence-electron chi connectivity index (χ3n) is 1.67. The number of hydrogen-bond donors (Lipinski definition) is 1. The molecule has 1 aliphatic rings. The van der Waals surface area contributed by atoms with Crippen molar-refractivity contribution in [2.75, 3.05) is 6.67 Å². The molecule has 0 radical (unpaired) electrons. The second-order valence-corrected chi connectivity index (χ2v) is 2.16. The summed E-state index contributed by atoms with van der Waals surface area (Å²) in [5.41, 5.74) is 5.39. The molecule has 8 heavy (non-hydrogen) atoms. The smallest absolute Gasteiger partial charge is 0.0937 e. The third kappa shape index (κ3) is 1.33. The lowest BCUT2D eigenvalue weighted by molar-refractivity contribution is 0.202. The van der Waals surface area contributed by atoms with E-state index in [1.54, 1.807) is 0 Å². The predicted octanol–water partition coefficient (Wildman–Crippen LogP) is 1.11. The molecule has 1 saturated carbocycles. The average Bonchev–Trinajstić information content (AvgIpc) is 1.65. The molecule has 0 bridgehead atoms. The van der Waals surface area contributed by atoms with Gasteiger partial charge in [0.05, 0.1) is 6.67 Å². The van der Waals surface area contributed by atoms with Crippen LogP contribution in [0.15, 0.2) is 0 Å². The Balaban J connectivity index is 0.000000490. The van der Waals surface area contributed by atoms with Crippen molar-refractivity contribution in [1.29, 1.82) is 0 Å². The first-order chi connectivity index (χ1) is 3.34. The van der Waals surface area contributed by atoms with Crippen molar-refractivity contribution >= 4 is 12.4 Å². The summed E-state index contributed by atoms with van der Waals surface area (Å²) in [5, 5.41) is 0. The van der Waals surface area contributed by atoms with E-state index in [1.807, 2.05) is 0 Å². The third-order valence-corrected chi connectivity index (χ3v) is 1.67. The van der Waals surface area contributed by atoms with Gasteiger partial charge in [0.25, 0.3) is 0 Å². The van der Waals surface area contributed by atoms with Crippen LogP contribution in [0.5, 0.6) is 0 Å². The fourth-order valence-electron chi connectivity index (χ4n) is 0.786. The largest absolute Gasteiger partial charge is 0.327 e. The summed E-state index contributed by atoms with van der Waals surface area (Å²) < 4.78 is 11.6. The lowest BCUT2D eigenvalue weighted by atomic mass is 9.81. The van der Waals surface area contributed by atoms with Crippen LogP contribution in [-0.2, 0) is 0 Å². The highest BCUT2D eigenvalue weighted by atomic mass is 35.5. The van der Waals surface area contributed by atoms with Crippen LogP contribution in [0.2, 0.25) is 0 Å². The quantitative estimate of drug-likeness (QED) is 0.579. The van der Waals surface area contributed by atoms with Gasteiger partial charge in [-0.15, -0.1) is 12.4 Å². The molecule has 50 valence electrons. The predicted molar refractivity (Wildman–Crippen MR) is 33.9 cm³/mol.